The van der Waals surface area contributed by atoms with Crippen molar-refractivity contribution in [3.8, 4) is 22.8 Å². The fourth-order valence-corrected chi connectivity index (χ4v) is 6.49. The Hall–Kier alpha value is -5.39. The standard InChI is InChI=1S/C40H48N4O8/c1-24(2)13-16-37(45)42-34-19-25(3)18-26(4)51-17-9-12-31(40(48)49)43-38(46)35-21-29(23-44(35)39(34)47)52-36-22-32(27-10-7-6-8-11-27)41-33-20-28(50-5)14-15-30(33)36/h6-8,10-11,14-15,18,20,22,24,29,31,34-35H,3,9,12-13,16-17,19,21,23H2,1-2,4-5H3,(H,42,45)(H,43,46)(H,48,49)/b26-18-. The summed E-state index contributed by atoms with van der Waals surface area (Å²) in [6.45, 7) is 10.1. The van der Waals surface area contributed by atoms with Crippen LogP contribution in [-0.4, -0.2) is 83.2 Å². The third-order valence-electron chi connectivity index (χ3n) is 9.23. The molecule has 0 spiro atoms. The number of amides is 3. The van der Waals surface area contributed by atoms with E-state index in [2.05, 4.69) is 17.2 Å². The lowest BCUT2D eigenvalue weighted by molar-refractivity contribution is -0.145. The number of carbonyl (C=O) groups is 4. The zero-order valence-electron chi connectivity index (χ0n) is 30.2. The van der Waals surface area contributed by atoms with Gasteiger partial charge in [-0.15, -0.1) is 0 Å². The molecule has 276 valence electrons. The lowest BCUT2D eigenvalue weighted by Gasteiger charge is -2.29. The molecular formula is C40H48N4O8. The highest BCUT2D eigenvalue weighted by molar-refractivity contribution is 5.94. The van der Waals surface area contributed by atoms with Crippen molar-refractivity contribution in [2.75, 3.05) is 20.3 Å². The Morgan fingerprint density at radius 2 is 1.92 bits per heavy atom. The first kappa shape index (κ1) is 37.9. The largest absolute Gasteiger partial charge is 0.498 e. The van der Waals surface area contributed by atoms with E-state index in [1.54, 1.807) is 26.2 Å². The van der Waals surface area contributed by atoms with Crippen LogP contribution in [-0.2, 0) is 23.9 Å². The van der Waals surface area contributed by atoms with Crippen LogP contribution in [0.25, 0.3) is 22.2 Å². The SMILES string of the molecule is C=C1/C=C(/C)OCCCC(C(=O)O)NC(=O)C2CC(Oc3cc(-c4ccccc4)nc4cc(OC)ccc34)CN2C(=O)C(NC(=O)CCC(C)C)C1. The van der Waals surface area contributed by atoms with Crippen LogP contribution in [0.15, 0.2) is 78.6 Å². The van der Waals surface area contributed by atoms with Crippen molar-refractivity contribution in [2.45, 2.75) is 83.5 Å². The summed E-state index contributed by atoms with van der Waals surface area (Å²) in [4.78, 5) is 60.0. The number of pyridine rings is 1. The first-order chi connectivity index (χ1) is 24.9. The highest BCUT2D eigenvalue weighted by Crippen LogP contribution is 2.35. The molecule has 12 nitrogen and oxygen atoms in total. The van der Waals surface area contributed by atoms with Crippen LogP contribution in [0.1, 0.15) is 59.3 Å². The summed E-state index contributed by atoms with van der Waals surface area (Å²) in [5.74, 6) is -0.640. The zero-order valence-corrected chi connectivity index (χ0v) is 30.2. The van der Waals surface area contributed by atoms with Crippen LogP contribution in [0.3, 0.4) is 0 Å². The van der Waals surface area contributed by atoms with Gasteiger partial charge in [0.15, 0.2) is 0 Å². The number of hydrogen-bond acceptors (Lipinski definition) is 8. The van der Waals surface area contributed by atoms with E-state index in [4.69, 9.17) is 19.2 Å². The predicted octanol–water partition coefficient (Wildman–Crippen LogP) is 5.41. The molecule has 0 radical (unpaired) electrons. The second-order valence-electron chi connectivity index (χ2n) is 13.8. The molecule has 52 heavy (non-hydrogen) atoms. The van der Waals surface area contributed by atoms with Gasteiger partial charge in [0.25, 0.3) is 0 Å². The summed E-state index contributed by atoms with van der Waals surface area (Å²) in [7, 11) is 1.58. The number of hydrogen-bond donors (Lipinski definition) is 3. The average molecular weight is 713 g/mol. The second-order valence-corrected chi connectivity index (χ2v) is 13.8. The molecule has 2 aliphatic rings. The topological polar surface area (TPSA) is 156 Å². The van der Waals surface area contributed by atoms with Crippen LogP contribution in [0.2, 0.25) is 0 Å². The molecule has 0 aliphatic carbocycles. The van der Waals surface area contributed by atoms with Crippen molar-refractivity contribution in [2.24, 2.45) is 5.92 Å². The number of aliphatic carboxylic acids is 1. The Morgan fingerprint density at radius 3 is 2.63 bits per heavy atom. The minimum atomic E-state index is -1.20. The lowest BCUT2D eigenvalue weighted by Crippen LogP contribution is -2.55. The quantitative estimate of drug-likeness (QED) is 0.264. The molecule has 2 aromatic carbocycles. The van der Waals surface area contributed by atoms with Gasteiger partial charge in [-0.25, -0.2) is 9.78 Å². The maximum absolute atomic E-state index is 14.5. The van der Waals surface area contributed by atoms with Crippen LogP contribution < -0.4 is 20.1 Å². The molecule has 4 atom stereocenters. The van der Waals surface area contributed by atoms with Gasteiger partial charge in [0.05, 0.1) is 37.2 Å². The summed E-state index contributed by atoms with van der Waals surface area (Å²) in [5.41, 5.74) is 2.73. The lowest BCUT2D eigenvalue weighted by atomic mass is 10.0. The number of ether oxygens (including phenoxy) is 3. The normalized spacial score (nSPS) is 22.7. The Kier molecular flexibility index (Phi) is 12.5. The van der Waals surface area contributed by atoms with Crippen molar-refractivity contribution in [1.82, 2.24) is 20.5 Å². The number of nitrogens with zero attached hydrogens (tertiary/aromatic N) is 2. The Bertz CT molecular complexity index is 1820. The molecule has 0 bridgehead atoms. The monoisotopic (exact) mass is 712 g/mol. The van der Waals surface area contributed by atoms with Gasteiger partial charge in [-0.05, 0) is 55.9 Å². The van der Waals surface area contributed by atoms with Crippen molar-refractivity contribution < 1.29 is 38.5 Å². The smallest absolute Gasteiger partial charge is 0.326 e. The third kappa shape index (κ3) is 9.68. The molecule has 12 heteroatoms. The van der Waals surface area contributed by atoms with E-state index in [9.17, 15) is 24.3 Å². The number of nitrogens with one attached hydrogen (secondary N) is 2. The van der Waals surface area contributed by atoms with E-state index >= 15 is 0 Å². The van der Waals surface area contributed by atoms with Crippen molar-refractivity contribution >= 4 is 34.6 Å². The fourth-order valence-electron chi connectivity index (χ4n) is 6.49. The number of carboxylic acids is 1. The molecule has 3 heterocycles. The molecule has 0 saturated carbocycles. The Labute approximate surface area is 304 Å². The van der Waals surface area contributed by atoms with Gasteiger partial charge in [-0.1, -0.05) is 50.8 Å². The maximum atomic E-state index is 14.5. The number of aromatic nitrogens is 1. The van der Waals surface area contributed by atoms with E-state index in [0.717, 1.165) is 5.56 Å². The van der Waals surface area contributed by atoms with E-state index in [0.29, 0.717) is 52.3 Å². The second kappa shape index (κ2) is 17.2. The van der Waals surface area contributed by atoms with Crippen LogP contribution in [0, 0.1) is 5.92 Å². The summed E-state index contributed by atoms with van der Waals surface area (Å²) < 4.78 is 17.9. The highest BCUT2D eigenvalue weighted by atomic mass is 16.5. The van der Waals surface area contributed by atoms with Gasteiger partial charge < -0.3 is 34.9 Å². The van der Waals surface area contributed by atoms with Crippen molar-refractivity contribution in [1.29, 1.82) is 0 Å². The maximum Gasteiger partial charge on any atom is 0.326 e. The summed E-state index contributed by atoms with van der Waals surface area (Å²) in [6.07, 6.45) is 2.57. The Morgan fingerprint density at radius 1 is 1.15 bits per heavy atom. The Balaban J connectivity index is 1.51. The minimum Gasteiger partial charge on any atom is -0.498 e. The number of rotatable bonds is 9. The fraction of sp³-hybridized carbons (Fsp3) is 0.425. The zero-order chi connectivity index (χ0) is 37.4. The first-order valence-electron chi connectivity index (χ1n) is 17.7. The molecule has 3 amide bonds. The van der Waals surface area contributed by atoms with Gasteiger partial charge in [-0.3, -0.25) is 14.4 Å². The van der Waals surface area contributed by atoms with Crippen LogP contribution >= 0.6 is 0 Å². The number of carbonyl (C=O) groups excluding carboxylic acids is 3. The highest BCUT2D eigenvalue weighted by Gasteiger charge is 2.44. The van der Waals surface area contributed by atoms with E-state index in [1.165, 1.54) is 4.90 Å². The van der Waals surface area contributed by atoms with Gasteiger partial charge in [0, 0.05) is 42.3 Å². The van der Waals surface area contributed by atoms with Crippen LogP contribution in [0.5, 0.6) is 11.5 Å². The first-order valence-corrected chi connectivity index (χ1v) is 17.7. The minimum absolute atomic E-state index is 0.0120. The van der Waals surface area contributed by atoms with Crippen LogP contribution in [0.4, 0.5) is 0 Å². The molecule has 3 N–H and O–H groups in total. The van der Waals surface area contributed by atoms with Gasteiger partial charge in [0.2, 0.25) is 17.7 Å². The number of fused-ring (bicyclic) bond motifs is 2. The number of allylic oxidation sites excluding steroid dienone is 2. The van der Waals surface area contributed by atoms with Crippen molar-refractivity contribution in [3.05, 3.63) is 78.6 Å². The molecule has 3 aromatic rings. The molecule has 1 fully saturated rings. The molecule has 5 rings (SSSR count). The van der Waals surface area contributed by atoms with E-state index in [1.807, 2.05) is 62.4 Å². The van der Waals surface area contributed by atoms with Gasteiger partial charge in [-0.2, -0.15) is 0 Å². The predicted molar refractivity (Wildman–Crippen MR) is 197 cm³/mol. The van der Waals surface area contributed by atoms with Gasteiger partial charge >= 0.3 is 5.97 Å². The summed E-state index contributed by atoms with van der Waals surface area (Å²) >= 11 is 0. The number of methoxy groups -OCH3 is 1. The molecule has 2 aliphatic heterocycles. The number of carboxylic acid groups (broad SMARTS) is 1. The third-order valence-corrected chi connectivity index (χ3v) is 9.23. The summed E-state index contributed by atoms with van der Waals surface area (Å²) in [5, 5.41) is 16.2. The van der Waals surface area contributed by atoms with Gasteiger partial charge in [0.1, 0.15) is 35.7 Å². The molecule has 4 unspecified atom stereocenters. The van der Waals surface area contributed by atoms with E-state index in [-0.39, 0.29) is 50.7 Å². The summed E-state index contributed by atoms with van der Waals surface area (Å²) in [6, 6.07) is 13.6. The molecule has 1 saturated heterocycles. The van der Waals surface area contributed by atoms with Crippen molar-refractivity contribution in [3.63, 3.8) is 0 Å². The molecular weight excluding hydrogens is 664 g/mol. The van der Waals surface area contributed by atoms with E-state index < -0.39 is 42.0 Å². The molecule has 1 aromatic heterocycles. The number of benzene rings is 2. The average Bonchev–Trinajstić information content (AvgIpc) is 3.54.